The van der Waals surface area contributed by atoms with Crippen LogP contribution in [0.4, 0.5) is 0 Å². The molecular weight excluding hydrogens is 288 g/mol. The molecule has 0 radical (unpaired) electrons. The molecule has 23 heavy (non-hydrogen) atoms. The van der Waals surface area contributed by atoms with Crippen molar-refractivity contribution in [3.8, 4) is 0 Å². The smallest absolute Gasteiger partial charge is 0.248 e. The van der Waals surface area contributed by atoms with Crippen LogP contribution >= 0.6 is 0 Å². The lowest BCUT2D eigenvalue weighted by Crippen LogP contribution is -2.41. The molecule has 0 saturated heterocycles. The van der Waals surface area contributed by atoms with Gasteiger partial charge in [0.15, 0.2) is 0 Å². The predicted molar refractivity (Wildman–Crippen MR) is 90.9 cm³/mol. The van der Waals surface area contributed by atoms with Crippen LogP contribution in [0, 0.1) is 5.92 Å². The molecule has 2 unspecified atom stereocenters. The minimum Gasteiger partial charge on any atom is -0.388 e. The molecule has 2 saturated carbocycles. The number of rotatable bonds is 5. The first-order chi connectivity index (χ1) is 11.1. The Balaban J connectivity index is 2.04. The summed E-state index contributed by atoms with van der Waals surface area (Å²) in [5.41, 5.74) is 7.81. The molecule has 1 aromatic carbocycles. The third kappa shape index (κ3) is 3.00. The SMILES string of the molecule is COC1(c2cccc(C(N)=O)c2)/C(=C/NC2CC2)CCCC1C. The quantitative estimate of drug-likeness (QED) is 0.878. The Labute approximate surface area is 138 Å². The highest BCUT2D eigenvalue weighted by Gasteiger charge is 2.44. The number of benzene rings is 1. The third-order valence-corrected chi connectivity index (χ3v) is 5.22. The van der Waals surface area contributed by atoms with E-state index in [1.807, 2.05) is 18.2 Å². The van der Waals surface area contributed by atoms with Gasteiger partial charge in [0.05, 0.1) is 0 Å². The number of nitrogens with two attached hydrogens (primary N) is 1. The number of primary amides is 1. The van der Waals surface area contributed by atoms with E-state index in [1.165, 1.54) is 24.8 Å². The first-order valence-corrected chi connectivity index (χ1v) is 8.49. The van der Waals surface area contributed by atoms with Crippen molar-refractivity contribution in [2.24, 2.45) is 11.7 Å². The molecule has 3 rings (SSSR count). The van der Waals surface area contributed by atoms with Gasteiger partial charge in [-0.2, -0.15) is 0 Å². The normalized spacial score (nSPS) is 29.5. The van der Waals surface area contributed by atoms with Crippen LogP contribution in [0.1, 0.15) is 54.9 Å². The van der Waals surface area contributed by atoms with Crippen LogP contribution in [0.2, 0.25) is 0 Å². The van der Waals surface area contributed by atoms with Crippen LogP contribution in [0.3, 0.4) is 0 Å². The molecule has 4 nitrogen and oxygen atoms in total. The van der Waals surface area contributed by atoms with E-state index in [4.69, 9.17) is 10.5 Å². The predicted octanol–water partition coefficient (Wildman–Crippen LogP) is 3.08. The summed E-state index contributed by atoms with van der Waals surface area (Å²) in [5.74, 6) is -0.0557. The van der Waals surface area contributed by atoms with Crippen molar-refractivity contribution in [1.82, 2.24) is 5.32 Å². The molecule has 1 aromatic rings. The second-order valence-corrected chi connectivity index (χ2v) is 6.79. The van der Waals surface area contributed by atoms with E-state index in [-0.39, 0.29) is 0 Å². The number of carbonyl (C=O) groups excluding carboxylic acids is 1. The Kier molecular flexibility index (Phi) is 4.44. The van der Waals surface area contributed by atoms with Crippen molar-refractivity contribution in [3.05, 3.63) is 47.2 Å². The van der Waals surface area contributed by atoms with Gasteiger partial charge in [-0.15, -0.1) is 0 Å². The highest BCUT2D eigenvalue weighted by molar-refractivity contribution is 5.93. The Bertz CT molecular complexity index is 622. The maximum absolute atomic E-state index is 11.6. The largest absolute Gasteiger partial charge is 0.388 e. The molecule has 4 heteroatoms. The fourth-order valence-corrected chi connectivity index (χ4v) is 3.78. The molecule has 2 aliphatic rings. The summed E-state index contributed by atoms with van der Waals surface area (Å²) < 4.78 is 6.12. The standard InChI is InChI=1S/C19H26N2O2/c1-13-5-3-8-16(12-21-17-9-10-17)19(13,23-2)15-7-4-6-14(11-15)18(20)22/h4,6-7,11-13,17,21H,3,5,8-10H2,1-2H3,(H2,20,22)/b16-12+. The molecule has 0 aromatic heterocycles. The fraction of sp³-hybridized carbons (Fsp3) is 0.526. The molecule has 3 N–H and O–H groups in total. The van der Waals surface area contributed by atoms with Crippen LogP contribution in [0.15, 0.2) is 36.0 Å². The zero-order valence-electron chi connectivity index (χ0n) is 14.0. The summed E-state index contributed by atoms with van der Waals surface area (Å²) in [6, 6.07) is 8.20. The second-order valence-electron chi connectivity index (χ2n) is 6.79. The zero-order valence-corrected chi connectivity index (χ0v) is 14.0. The molecule has 2 atom stereocenters. The van der Waals surface area contributed by atoms with Gasteiger partial charge >= 0.3 is 0 Å². The summed E-state index contributed by atoms with van der Waals surface area (Å²) in [6.07, 6.45) is 7.94. The minimum absolute atomic E-state index is 0.344. The van der Waals surface area contributed by atoms with Crippen LogP contribution in [-0.4, -0.2) is 19.1 Å². The highest BCUT2D eigenvalue weighted by atomic mass is 16.5. The molecule has 124 valence electrons. The number of ether oxygens (including phenoxy) is 1. The van der Waals surface area contributed by atoms with Gasteiger partial charge in [0.1, 0.15) is 5.60 Å². The van der Waals surface area contributed by atoms with E-state index < -0.39 is 11.5 Å². The monoisotopic (exact) mass is 314 g/mol. The van der Waals surface area contributed by atoms with Crippen LogP contribution in [0.5, 0.6) is 0 Å². The molecule has 2 aliphatic carbocycles. The van der Waals surface area contributed by atoms with Crippen LogP contribution in [-0.2, 0) is 10.3 Å². The average Bonchev–Trinajstić information content (AvgIpc) is 3.37. The van der Waals surface area contributed by atoms with E-state index in [0.29, 0.717) is 17.5 Å². The molecule has 0 bridgehead atoms. The number of hydrogen-bond donors (Lipinski definition) is 2. The molecule has 1 amide bonds. The van der Waals surface area contributed by atoms with Crippen molar-refractivity contribution in [2.45, 2.75) is 50.7 Å². The lowest BCUT2D eigenvalue weighted by Gasteiger charge is -2.44. The molecule has 0 heterocycles. The number of amides is 1. The topological polar surface area (TPSA) is 64.3 Å². The fourth-order valence-electron chi connectivity index (χ4n) is 3.78. The van der Waals surface area contributed by atoms with Crippen LogP contribution < -0.4 is 11.1 Å². The van der Waals surface area contributed by atoms with Gasteiger partial charge in [-0.25, -0.2) is 0 Å². The van der Waals surface area contributed by atoms with E-state index in [0.717, 1.165) is 18.4 Å². The van der Waals surface area contributed by atoms with Crippen molar-refractivity contribution in [3.63, 3.8) is 0 Å². The summed E-state index contributed by atoms with van der Waals surface area (Å²) in [7, 11) is 1.77. The Hall–Kier alpha value is -1.81. The lowest BCUT2D eigenvalue weighted by molar-refractivity contribution is -0.0434. The first kappa shape index (κ1) is 16.1. The van der Waals surface area contributed by atoms with E-state index in [1.54, 1.807) is 13.2 Å². The van der Waals surface area contributed by atoms with Crippen molar-refractivity contribution in [1.29, 1.82) is 0 Å². The van der Waals surface area contributed by atoms with Crippen molar-refractivity contribution >= 4 is 5.91 Å². The van der Waals surface area contributed by atoms with Gasteiger partial charge in [0.2, 0.25) is 5.91 Å². The lowest BCUT2D eigenvalue weighted by atomic mass is 9.69. The molecular formula is C19H26N2O2. The van der Waals surface area contributed by atoms with Crippen LogP contribution in [0.25, 0.3) is 0 Å². The zero-order chi connectivity index (χ0) is 16.4. The third-order valence-electron chi connectivity index (χ3n) is 5.22. The Morgan fingerprint density at radius 1 is 1.39 bits per heavy atom. The minimum atomic E-state index is -0.481. The van der Waals surface area contributed by atoms with Gasteiger partial charge in [0.25, 0.3) is 0 Å². The summed E-state index contributed by atoms with van der Waals surface area (Å²) in [5, 5.41) is 3.51. The van der Waals surface area contributed by atoms with E-state index in [2.05, 4.69) is 18.4 Å². The highest BCUT2D eigenvalue weighted by Crippen LogP contribution is 2.48. The number of nitrogens with one attached hydrogen (secondary N) is 1. The maximum Gasteiger partial charge on any atom is 0.248 e. The Morgan fingerprint density at radius 3 is 2.83 bits per heavy atom. The maximum atomic E-state index is 11.6. The summed E-state index contributed by atoms with van der Waals surface area (Å²) in [4.78, 5) is 11.6. The van der Waals surface area contributed by atoms with E-state index >= 15 is 0 Å². The van der Waals surface area contributed by atoms with Crippen molar-refractivity contribution < 1.29 is 9.53 Å². The van der Waals surface area contributed by atoms with Gasteiger partial charge in [-0.3, -0.25) is 4.79 Å². The summed E-state index contributed by atoms with van der Waals surface area (Å²) >= 11 is 0. The molecule has 2 fully saturated rings. The number of hydrogen-bond acceptors (Lipinski definition) is 3. The average molecular weight is 314 g/mol. The molecule has 0 spiro atoms. The Morgan fingerprint density at radius 2 is 2.17 bits per heavy atom. The first-order valence-electron chi connectivity index (χ1n) is 8.49. The van der Waals surface area contributed by atoms with Gasteiger partial charge in [0, 0.05) is 18.7 Å². The van der Waals surface area contributed by atoms with Gasteiger partial charge in [-0.05, 0) is 67.5 Å². The number of methoxy groups -OCH3 is 1. The second kappa shape index (κ2) is 6.36. The van der Waals surface area contributed by atoms with Gasteiger partial charge < -0.3 is 15.8 Å². The van der Waals surface area contributed by atoms with E-state index in [9.17, 15) is 4.79 Å². The van der Waals surface area contributed by atoms with Crippen molar-refractivity contribution in [2.75, 3.05) is 7.11 Å². The van der Waals surface area contributed by atoms with Gasteiger partial charge in [-0.1, -0.05) is 19.1 Å². The number of carbonyl (C=O) groups is 1. The summed E-state index contributed by atoms with van der Waals surface area (Å²) in [6.45, 7) is 2.23. The molecule has 0 aliphatic heterocycles.